The minimum absolute atomic E-state index is 0.0138. The topological polar surface area (TPSA) is 9.23 Å². The van der Waals surface area contributed by atoms with Crippen molar-refractivity contribution in [1.82, 2.24) is 0 Å². The van der Waals surface area contributed by atoms with Gasteiger partial charge in [-0.25, -0.2) is 0 Å². The summed E-state index contributed by atoms with van der Waals surface area (Å²) in [5.41, 5.74) is -1.04. The highest BCUT2D eigenvalue weighted by molar-refractivity contribution is 5.30. The van der Waals surface area contributed by atoms with E-state index in [4.69, 9.17) is 4.74 Å². The summed E-state index contributed by atoms with van der Waals surface area (Å²) >= 11 is 0. The maximum Gasteiger partial charge on any atom is 0.421 e. The molecule has 1 saturated heterocycles. The van der Waals surface area contributed by atoms with Gasteiger partial charge in [-0.05, 0) is 12.5 Å². The van der Waals surface area contributed by atoms with E-state index in [1.165, 1.54) is 12.1 Å². The zero-order valence-corrected chi connectivity index (χ0v) is 8.27. The summed E-state index contributed by atoms with van der Waals surface area (Å²) < 4.78 is 43.3. The quantitative estimate of drug-likeness (QED) is 0.700. The molecule has 1 aliphatic rings. The van der Waals surface area contributed by atoms with E-state index in [0.29, 0.717) is 0 Å². The van der Waals surface area contributed by atoms with E-state index >= 15 is 0 Å². The Labute approximate surface area is 85.9 Å². The van der Waals surface area contributed by atoms with Crippen LogP contribution in [0, 0.1) is 6.92 Å². The molecule has 0 N–H and O–H groups in total. The van der Waals surface area contributed by atoms with Gasteiger partial charge in [0.15, 0.2) is 5.60 Å². The van der Waals surface area contributed by atoms with Gasteiger partial charge in [0.25, 0.3) is 0 Å². The molecule has 1 unspecified atom stereocenters. The Balaban J connectivity index is 2.43. The number of alkyl halides is 3. The maximum atomic E-state index is 12.8. The molecule has 2 rings (SSSR count). The molecule has 0 saturated carbocycles. The molecule has 82 valence electrons. The fourth-order valence-electron chi connectivity index (χ4n) is 1.82. The van der Waals surface area contributed by atoms with Crippen molar-refractivity contribution in [3.63, 3.8) is 0 Å². The number of hydrogen-bond donors (Lipinski definition) is 0. The number of benzene rings is 1. The Morgan fingerprint density at radius 2 is 2.00 bits per heavy atom. The van der Waals surface area contributed by atoms with Crippen molar-refractivity contribution in [2.75, 3.05) is 6.61 Å². The molecule has 1 aromatic carbocycles. The van der Waals surface area contributed by atoms with Crippen molar-refractivity contribution in [2.24, 2.45) is 0 Å². The highest BCUT2D eigenvalue weighted by Gasteiger charge is 2.61. The standard InChI is InChI=1S/C11H11F3O/c1-8-3-2-4-9(7-8)10(5-6-15-10)11(12,13)14/h2-4,7H,5-6H2,1H3. The Morgan fingerprint density at radius 3 is 2.40 bits per heavy atom. The molecule has 0 spiro atoms. The Kier molecular flexibility index (Phi) is 2.26. The van der Waals surface area contributed by atoms with Crippen molar-refractivity contribution >= 4 is 0 Å². The van der Waals surface area contributed by atoms with Crippen molar-refractivity contribution in [3.8, 4) is 0 Å². The Morgan fingerprint density at radius 1 is 1.33 bits per heavy atom. The smallest absolute Gasteiger partial charge is 0.361 e. The van der Waals surface area contributed by atoms with Crippen molar-refractivity contribution in [3.05, 3.63) is 35.4 Å². The van der Waals surface area contributed by atoms with Crippen LogP contribution in [0.1, 0.15) is 17.5 Å². The number of halogens is 3. The first-order chi connectivity index (χ1) is 6.96. The number of aryl methyl sites for hydroxylation is 1. The molecular formula is C11H11F3O. The summed E-state index contributed by atoms with van der Waals surface area (Å²) in [6.07, 6.45) is -4.32. The van der Waals surface area contributed by atoms with Crippen LogP contribution in [-0.4, -0.2) is 12.8 Å². The van der Waals surface area contributed by atoms with E-state index in [1.54, 1.807) is 19.1 Å². The molecule has 1 aromatic rings. The van der Waals surface area contributed by atoms with Crippen LogP contribution in [0.4, 0.5) is 13.2 Å². The number of rotatable bonds is 1. The molecule has 1 heterocycles. The maximum absolute atomic E-state index is 12.8. The molecular weight excluding hydrogens is 205 g/mol. The molecule has 1 fully saturated rings. The van der Waals surface area contributed by atoms with E-state index < -0.39 is 11.8 Å². The predicted octanol–water partition coefficient (Wildman–Crippen LogP) is 3.17. The monoisotopic (exact) mass is 216 g/mol. The first-order valence-corrected chi connectivity index (χ1v) is 4.73. The minimum Gasteiger partial charge on any atom is -0.361 e. The van der Waals surface area contributed by atoms with Gasteiger partial charge >= 0.3 is 6.18 Å². The summed E-state index contributed by atoms with van der Waals surface area (Å²) in [5.74, 6) is 0. The van der Waals surface area contributed by atoms with Gasteiger partial charge in [0.05, 0.1) is 6.61 Å². The average molecular weight is 216 g/mol. The van der Waals surface area contributed by atoms with Gasteiger partial charge < -0.3 is 4.74 Å². The molecule has 0 bridgehead atoms. The lowest BCUT2D eigenvalue weighted by Crippen LogP contribution is -2.52. The third kappa shape index (κ3) is 1.53. The van der Waals surface area contributed by atoms with Crippen molar-refractivity contribution < 1.29 is 17.9 Å². The molecule has 0 amide bonds. The van der Waals surface area contributed by atoms with Gasteiger partial charge in [0, 0.05) is 6.42 Å². The lowest BCUT2D eigenvalue weighted by atomic mass is 9.85. The van der Waals surface area contributed by atoms with Gasteiger partial charge in [0.2, 0.25) is 0 Å². The van der Waals surface area contributed by atoms with Crippen LogP contribution in [0.2, 0.25) is 0 Å². The fraction of sp³-hybridized carbons (Fsp3) is 0.455. The first kappa shape index (κ1) is 10.5. The van der Waals surface area contributed by atoms with Crippen LogP contribution < -0.4 is 0 Å². The average Bonchev–Trinajstić information content (AvgIpc) is 1.98. The molecule has 15 heavy (non-hydrogen) atoms. The summed E-state index contributed by atoms with van der Waals surface area (Å²) in [6.45, 7) is 1.94. The largest absolute Gasteiger partial charge is 0.421 e. The van der Waals surface area contributed by atoms with Crippen LogP contribution in [-0.2, 0) is 10.3 Å². The molecule has 1 aliphatic heterocycles. The molecule has 0 aromatic heterocycles. The molecule has 0 radical (unpaired) electrons. The van der Waals surface area contributed by atoms with Crippen molar-refractivity contribution in [1.29, 1.82) is 0 Å². The Bertz CT molecular complexity index is 366. The molecule has 1 nitrogen and oxygen atoms in total. The van der Waals surface area contributed by atoms with Crippen molar-refractivity contribution in [2.45, 2.75) is 25.1 Å². The summed E-state index contributed by atoms with van der Waals surface area (Å²) in [4.78, 5) is 0. The van der Waals surface area contributed by atoms with E-state index in [9.17, 15) is 13.2 Å². The van der Waals surface area contributed by atoms with Crippen LogP contribution in [0.15, 0.2) is 24.3 Å². The van der Waals surface area contributed by atoms with E-state index in [1.807, 2.05) is 0 Å². The SMILES string of the molecule is Cc1cccc(C2(C(F)(F)F)CCO2)c1. The second kappa shape index (κ2) is 3.23. The van der Waals surface area contributed by atoms with E-state index in [0.717, 1.165) is 5.56 Å². The third-order valence-corrected chi connectivity index (χ3v) is 2.74. The van der Waals surface area contributed by atoms with Gasteiger partial charge in [-0.2, -0.15) is 13.2 Å². The fourth-order valence-corrected chi connectivity index (χ4v) is 1.82. The zero-order chi connectivity index (χ0) is 11.1. The van der Waals surface area contributed by atoms with Crippen LogP contribution in [0.3, 0.4) is 0 Å². The number of hydrogen-bond acceptors (Lipinski definition) is 1. The second-order valence-corrected chi connectivity index (χ2v) is 3.79. The van der Waals surface area contributed by atoms with Gasteiger partial charge in [-0.1, -0.05) is 29.8 Å². The van der Waals surface area contributed by atoms with Gasteiger partial charge in [-0.3, -0.25) is 0 Å². The third-order valence-electron chi connectivity index (χ3n) is 2.74. The van der Waals surface area contributed by atoms with E-state index in [-0.39, 0.29) is 18.6 Å². The predicted molar refractivity (Wildman–Crippen MR) is 49.5 cm³/mol. The zero-order valence-electron chi connectivity index (χ0n) is 8.27. The summed E-state index contributed by atoms with van der Waals surface area (Å²) in [7, 11) is 0. The summed E-state index contributed by atoms with van der Waals surface area (Å²) in [6, 6.07) is 6.40. The first-order valence-electron chi connectivity index (χ1n) is 4.73. The normalized spacial score (nSPS) is 26.1. The highest BCUT2D eigenvalue weighted by Crippen LogP contribution is 2.50. The summed E-state index contributed by atoms with van der Waals surface area (Å²) in [5, 5.41) is 0. The van der Waals surface area contributed by atoms with Crippen LogP contribution in [0.5, 0.6) is 0 Å². The van der Waals surface area contributed by atoms with Crippen LogP contribution >= 0.6 is 0 Å². The number of ether oxygens (including phenoxy) is 1. The minimum atomic E-state index is -4.33. The lowest BCUT2D eigenvalue weighted by Gasteiger charge is -2.43. The van der Waals surface area contributed by atoms with Gasteiger partial charge in [-0.15, -0.1) is 0 Å². The second-order valence-electron chi connectivity index (χ2n) is 3.79. The van der Waals surface area contributed by atoms with Gasteiger partial charge in [0.1, 0.15) is 0 Å². The Hall–Kier alpha value is -1.03. The van der Waals surface area contributed by atoms with E-state index in [2.05, 4.69) is 0 Å². The van der Waals surface area contributed by atoms with Crippen LogP contribution in [0.25, 0.3) is 0 Å². The highest BCUT2D eigenvalue weighted by atomic mass is 19.4. The molecule has 0 aliphatic carbocycles. The molecule has 4 heteroatoms. The lowest BCUT2D eigenvalue weighted by molar-refractivity contribution is -0.333. The molecule has 1 atom stereocenters.